The molecule has 0 unspecified atom stereocenters. The summed E-state index contributed by atoms with van der Waals surface area (Å²) in [5.74, 6) is 0. The molecule has 4 heteroatoms. The molecule has 1 aromatic carbocycles. The van der Waals surface area contributed by atoms with Crippen LogP contribution in [0.15, 0.2) is 18.2 Å². The van der Waals surface area contributed by atoms with E-state index >= 15 is 0 Å². The number of alkyl halides is 2. The van der Waals surface area contributed by atoms with Crippen LogP contribution in [0.1, 0.15) is 25.8 Å². The zero-order valence-corrected chi connectivity index (χ0v) is 8.28. The molecular formula is C9H12ClF2N. The lowest BCUT2D eigenvalue weighted by Crippen LogP contribution is -1.93. The van der Waals surface area contributed by atoms with Gasteiger partial charge in [-0.1, -0.05) is 25.4 Å². The van der Waals surface area contributed by atoms with E-state index in [0.717, 1.165) is 0 Å². The van der Waals surface area contributed by atoms with Gasteiger partial charge >= 0.3 is 0 Å². The second-order valence-electron chi connectivity index (χ2n) is 2.07. The van der Waals surface area contributed by atoms with Crippen molar-refractivity contribution in [3.8, 4) is 0 Å². The summed E-state index contributed by atoms with van der Waals surface area (Å²) >= 11 is 5.50. The van der Waals surface area contributed by atoms with Crippen LogP contribution in [0.4, 0.5) is 14.5 Å². The van der Waals surface area contributed by atoms with E-state index in [1.54, 1.807) is 0 Å². The third kappa shape index (κ3) is 3.59. The van der Waals surface area contributed by atoms with Gasteiger partial charge in [-0.05, 0) is 18.2 Å². The normalized spacial score (nSPS) is 9.38. The molecule has 1 nitrogen and oxygen atoms in total. The number of benzene rings is 1. The van der Waals surface area contributed by atoms with Gasteiger partial charge < -0.3 is 5.73 Å². The van der Waals surface area contributed by atoms with Crippen LogP contribution in [-0.4, -0.2) is 0 Å². The number of nitrogens with two attached hydrogens (primary N) is 1. The Labute approximate surface area is 81.5 Å². The van der Waals surface area contributed by atoms with Crippen LogP contribution in [0.3, 0.4) is 0 Å². The van der Waals surface area contributed by atoms with E-state index in [0.29, 0.717) is 5.02 Å². The van der Waals surface area contributed by atoms with Crippen LogP contribution in [0.2, 0.25) is 5.02 Å². The van der Waals surface area contributed by atoms with Crippen LogP contribution < -0.4 is 5.73 Å². The maximum atomic E-state index is 12.0. The van der Waals surface area contributed by atoms with Gasteiger partial charge in [0.1, 0.15) is 0 Å². The molecule has 0 saturated carbocycles. The number of hydrogen-bond donors (Lipinski definition) is 1. The third-order valence-corrected chi connectivity index (χ3v) is 1.52. The van der Waals surface area contributed by atoms with E-state index in [9.17, 15) is 8.78 Å². The minimum Gasteiger partial charge on any atom is -0.398 e. The SMILES string of the molecule is CC.Nc1cc(Cl)ccc1C(F)F. The summed E-state index contributed by atoms with van der Waals surface area (Å²) in [6.07, 6.45) is -2.53. The second-order valence-corrected chi connectivity index (χ2v) is 2.51. The van der Waals surface area contributed by atoms with E-state index in [1.807, 2.05) is 13.8 Å². The highest BCUT2D eigenvalue weighted by molar-refractivity contribution is 6.30. The van der Waals surface area contributed by atoms with Crippen molar-refractivity contribution in [3.63, 3.8) is 0 Å². The fourth-order valence-corrected chi connectivity index (χ4v) is 0.925. The summed E-state index contributed by atoms with van der Waals surface area (Å²) in [6, 6.07) is 3.92. The van der Waals surface area contributed by atoms with Crippen LogP contribution in [-0.2, 0) is 0 Å². The number of anilines is 1. The van der Waals surface area contributed by atoms with E-state index in [4.69, 9.17) is 17.3 Å². The minimum atomic E-state index is -2.53. The number of nitrogen functional groups attached to an aromatic ring is 1. The zero-order chi connectivity index (χ0) is 10.4. The molecule has 0 aliphatic heterocycles. The minimum absolute atomic E-state index is 0.0347. The van der Waals surface area contributed by atoms with Gasteiger partial charge in [0.05, 0.1) is 0 Å². The van der Waals surface area contributed by atoms with Gasteiger partial charge in [0.2, 0.25) is 0 Å². The first-order valence-electron chi connectivity index (χ1n) is 3.94. The Kier molecular flexibility index (Phi) is 5.39. The average Bonchev–Trinajstić information content (AvgIpc) is 2.07. The summed E-state index contributed by atoms with van der Waals surface area (Å²) < 4.78 is 24.1. The van der Waals surface area contributed by atoms with Gasteiger partial charge in [0, 0.05) is 16.3 Å². The third-order valence-electron chi connectivity index (χ3n) is 1.28. The Morgan fingerprint density at radius 3 is 2.23 bits per heavy atom. The molecular weight excluding hydrogens is 196 g/mol. The molecule has 0 amide bonds. The standard InChI is InChI=1S/C7H6ClF2N.C2H6/c8-4-1-2-5(7(9)10)6(11)3-4;1-2/h1-3,7H,11H2;1-2H3. The van der Waals surface area contributed by atoms with Crippen molar-refractivity contribution >= 4 is 17.3 Å². The highest BCUT2D eigenvalue weighted by Crippen LogP contribution is 2.26. The van der Waals surface area contributed by atoms with Crippen LogP contribution in [0.25, 0.3) is 0 Å². The zero-order valence-electron chi connectivity index (χ0n) is 7.52. The molecule has 0 aromatic heterocycles. The van der Waals surface area contributed by atoms with Crippen LogP contribution in [0, 0.1) is 0 Å². The molecule has 0 radical (unpaired) electrons. The first-order chi connectivity index (χ1) is 6.11. The predicted octanol–water partition coefficient (Wildman–Crippen LogP) is 3.89. The van der Waals surface area contributed by atoms with Crippen molar-refractivity contribution in [2.45, 2.75) is 20.3 Å². The summed E-state index contributed by atoms with van der Waals surface area (Å²) in [5, 5.41) is 0.368. The van der Waals surface area contributed by atoms with E-state index in [2.05, 4.69) is 0 Å². The molecule has 1 rings (SSSR count). The quantitative estimate of drug-likeness (QED) is 0.695. The van der Waals surface area contributed by atoms with Crippen molar-refractivity contribution in [2.24, 2.45) is 0 Å². The lowest BCUT2D eigenvalue weighted by Gasteiger charge is -2.03. The highest BCUT2D eigenvalue weighted by Gasteiger charge is 2.10. The Bertz CT molecular complexity index is 264. The molecule has 0 atom stereocenters. The van der Waals surface area contributed by atoms with Crippen molar-refractivity contribution in [3.05, 3.63) is 28.8 Å². The van der Waals surface area contributed by atoms with E-state index in [-0.39, 0.29) is 11.3 Å². The average molecular weight is 208 g/mol. The molecule has 0 spiro atoms. The molecule has 13 heavy (non-hydrogen) atoms. The van der Waals surface area contributed by atoms with Gasteiger partial charge in [0.15, 0.2) is 0 Å². The highest BCUT2D eigenvalue weighted by atomic mass is 35.5. The fourth-order valence-electron chi connectivity index (χ4n) is 0.744. The Hall–Kier alpha value is -0.830. The fraction of sp³-hybridized carbons (Fsp3) is 0.333. The van der Waals surface area contributed by atoms with Gasteiger partial charge in [-0.15, -0.1) is 0 Å². The number of halogens is 3. The van der Waals surface area contributed by atoms with Crippen molar-refractivity contribution in [1.82, 2.24) is 0 Å². The van der Waals surface area contributed by atoms with E-state index in [1.165, 1.54) is 18.2 Å². The predicted molar refractivity (Wildman–Crippen MR) is 52.2 cm³/mol. The van der Waals surface area contributed by atoms with Crippen molar-refractivity contribution in [2.75, 3.05) is 5.73 Å². The van der Waals surface area contributed by atoms with Gasteiger partial charge in [-0.2, -0.15) is 0 Å². The van der Waals surface area contributed by atoms with Crippen LogP contribution in [0.5, 0.6) is 0 Å². The van der Waals surface area contributed by atoms with Gasteiger partial charge in [-0.3, -0.25) is 0 Å². The maximum Gasteiger partial charge on any atom is 0.265 e. The topological polar surface area (TPSA) is 26.0 Å². The first kappa shape index (κ1) is 12.2. The molecule has 0 bridgehead atoms. The summed E-state index contributed by atoms with van der Waals surface area (Å²) in [6.45, 7) is 4.00. The number of hydrogen-bond acceptors (Lipinski definition) is 1. The second kappa shape index (κ2) is 5.75. The summed E-state index contributed by atoms with van der Waals surface area (Å²) in [7, 11) is 0. The largest absolute Gasteiger partial charge is 0.398 e. The van der Waals surface area contributed by atoms with E-state index < -0.39 is 6.43 Å². The Balaban J connectivity index is 0.000000671. The molecule has 2 N–H and O–H groups in total. The molecule has 74 valence electrons. The smallest absolute Gasteiger partial charge is 0.265 e. The number of rotatable bonds is 1. The van der Waals surface area contributed by atoms with Crippen LogP contribution >= 0.6 is 11.6 Å². The lowest BCUT2D eigenvalue weighted by atomic mass is 10.2. The lowest BCUT2D eigenvalue weighted by molar-refractivity contribution is 0.152. The molecule has 1 aromatic rings. The Morgan fingerprint density at radius 1 is 1.31 bits per heavy atom. The maximum absolute atomic E-state index is 12.0. The summed E-state index contributed by atoms with van der Waals surface area (Å²) in [4.78, 5) is 0. The summed E-state index contributed by atoms with van der Waals surface area (Å²) in [5.41, 5.74) is 5.12. The van der Waals surface area contributed by atoms with Crippen molar-refractivity contribution < 1.29 is 8.78 Å². The monoisotopic (exact) mass is 207 g/mol. The van der Waals surface area contributed by atoms with Crippen molar-refractivity contribution in [1.29, 1.82) is 0 Å². The molecule has 0 aliphatic rings. The molecule has 0 aliphatic carbocycles. The molecule has 0 fully saturated rings. The molecule has 0 saturated heterocycles. The first-order valence-corrected chi connectivity index (χ1v) is 4.32. The molecule has 0 heterocycles. The van der Waals surface area contributed by atoms with Gasteiger partial charge in [-0.25, -0.2) is 8.78 Å². The van der Waals surface area contributed by atoms with Gasteiger partial charge in [0.25, 0.3) is 6.43 Å². The Morgan fingerprint density at radius 2 is 1.85 bits per heavy atom.